The lowest BCUT2D eigenvalue weighted by molar-refractivity contribution is -0.117. The highest BCUT2D eigenvalue weighted by molar-refractivity contribution is 7.89. The van der Waals surface area contributed by atoms with E-state index in [4.69, 9.17) is 0 Å². The Bertz CT molecular complexity index is 1120. The third-order valence-electron chi connectivity index (χ3n) is 5.61. The van der Waals surface area contributed by atoms with E-state index in [1.165, 1.54) is 28.6 Å². The molecule has 0 aliphatic carbocycles. The van der Waals surface area contributed by atoms with Gasteiger partial charge in [-0.3, -0.25) is 9.59 Å². The summed E-state index contributed by atoms with van der Waals surface area (Å²) in [4.78, 5) is 24.0. The zero-order chi connectivity index (χ0) is 24.0. The molecule has 2 amide bonds. The van der Waals surface area contributed by atoms with Gasteiger partial charge in [0.15, 0.2) is 0 Å². The molecule has 0 radical (unpaired) electrons. The summed E-state index contributed by atoms with van der Waals surface area (Å²) in [5, 5.41) is 15.2. The zero-order valence-corrected chi connectivity index (χ0v) is 19.3. The number of hydrogen-bond acceptors (Lipinski definition) is 5. The van der Waals surface area contributed by atoms with Gasteiger partial charge in [0.25, 0.3) is 5.91 Å². The van der Waals surface area contributed by atoms with E-state index in [1.54, 1.807) is 0 Å². The van der Waals surface area contributed by atoms with E-state index >= 15 is 0 Å². The first-order valence-electron chi connectivity index (χ1n) is 10.7. The van der Waals surface area contributed by atoms with Crippen molar-refractivity contribution in [2.75, 3.05) is 19.7 Å². The predicted molar refractivity (Wildman–Crippen MR) is 125 cm³/mol. The standard InChI is InChI=1S/C24H29N3O5S/c1-3-23(29)26-20-14-21(16-28)27(15-20)33(31,32)22-9-7-19(8-10-22)24(30)25-12-11-18-6-4-5-17(2)13-18/h3-10,13,20-21,28H,1,11-12,14-16H2,2H3,(H,25,30)(H,26,29). The van der Waals surface area contributed by atoms with Crippen LogP contribution in [-0.4, -0.2) is 61.4 Å². The SMILES string of the molecule is C=CC(=O)NC1CC(CO)N(S(=O)(=O)c2ccc(C(=O)NCCc3cccc(C)c3)cc2)C1. The number of carbonyl (C=O) groups excluding carboxylic acids is 2. The highest BCUT2D eigenvalue weighted by Crippen LogP contribution is 2.26. The Morgan fingerprint density at radius 1 is 1.21 bits per heavy atom. The number of nitrogens with zero attached hydrogens (tertiary/aromatic N) is 1. The maximum Gasteiger partial charge on any atom is 0.251 e. The van der Waals surface area contributed by atoms with Crippen molar-refractivity contribution in [1.82, 2.24) is 14.9 Å². The minimum atomic E-state index is -3.91. The zero-order valence-electron chi connectivity index (χ0n) is 18.5. The summed E-state index contributed by atoms with van der Waals surface area (Å²) in [6.45, 7) is 5.56. The van der Waals surface area contributed by atoms with E-state index in [9.17, 15) is 23.1 Å². The lowest BCUT2D eigenvalue weighted by Gasteiger charge is -2.22. The Morgan fingerprint density at radius 2 is 1.94 bits per heavy atom. The van der Waals surface area contributed by atoms with Gasteiger partial charge < -0.3 is 15.7 Å². The molecule has 1 aliphatic rings. The predicted octanol–water partition coefficient (Wildman–Crippen LogP) is 1.39. The van der Waals surface area contributed by atoms with Crippen LogP contribution in [0, 0.1) is 6.92 Å². The summed E-state index contributed by atoms with van der Waals surface area (Å²) < 4.78 is 27.4. The van der Waals surface area contributed by atoms with Crippen LogP contribution in [0.1, 0.15) is 27.9 Å². The first-order valence-corrected chi connectivity index (χ1v) is 12.2. The molecule has 33 heavy (non-hydrogen) atoms. The molecule has 1 aliphatic heterocycles. The minimum Gasteiger partial charge on any atom is -0.395 e. The molecule has 2 aromatic carbocycles. The van der Waals surface area contributed by atoms with Crippen molar-refractivity contribution < 1.29 is 23.1 Å². The number of aliphatic hydroxyl groups excluding tert-OH is 1. The first-order chi connectivity index (χ1) is 15.7. The molecule has 0 spiro atoms. The molecule has 3 rings (SSSR count). The lowest BCUT2D eigenvalue weighted by Crippen LogP contribution is -2.39. The van der Waals surface area contributed by atoms with Gasteiger partial charge in [0.1, 0.15) is 0 Å². The van der Waals surface area contributed by atoms with Crippen LogP contribution in [0.3, 0.4) is 0 Å². The molecule has 1 saturated heterocycles. The van der Waals surface area contributed by atoms with E-state index in [-0.39, 0.29) is 24.0 Å². The van der Waals surface area contributed by atoms with Gasteiger partial charge in [-0.2, -0.15) is 4.31 Å². The fraction of sp³-hybridized carbons (Fsp3) is 0.333. The second kappa shape index (κ2) is 10.7. The molecule has 3 N–H and O–H groups in total. The van der Waals surface area contributed by atoms with Crippen LogP contribution in [-0.2, 0) is 21.2 Å². The molecule has 0 aromatic heterocycles. The van der Waals surface area contributed by atoms with E-state index in [0.29, 0.717) is 24.9 Å². The summed E-state index contributed by atoms with van der Waals surface area (Å²) in [5.41, 5.74) is 2.64. The summed E-state index contributed by atoms with van der Waals surface area (Å²) in [6.07, 6.45) is 2.12. The van der Waals surface area contributed by atoms with Crippen LogP contribution in [0.2, 0.25) is 0 Å². The van der Waals surface area contributed by atoms with Gasteiger partial charge in [0, 0.05) is 24.7 Å². The molecular formula is C24H29N3O5S. The van der Waals surface area contributed by atoms with Gasteiger partial charge in [-0.15, -0.1) is 0 Å². The quantitative estimate of drug-likeness (QED) is 0.478. The normalized spacial score (nSPS) is 18.6. The van der Waals surface area contributed by atoms with Crippen molar-refractivity contribution in [3.8, 4) is 0 Å². The number of benzene rings is 2. The number of rotatable bonds is 9. The highest BCUT2D eigenvalue weighted by atomic mass is 32.2. The second-order valence-electron chi connectivity index (χ2n) is 8.08. The summed E-state index contributed by atoms with van der Waals surface area (Å²) >= 11 is 0. The number of hydrogen-bond donors (Lipinski definition) is 3. The van der Waals surface area contributed by atoms with Gasteiger partial charge in [-0.1, -0.05) is 36.4 Å². The Hall–Kier alpha value is -3.01. The molecule has 0 bridgehead atoms. The van der Waals surface area contributed by atoms with Gasteiger partial charge >= 0.3 is 0 Å². The van der Waals surface area contributed by atoms with Crippen molar-refractivity contribution in [2.24, 2.45) is 0 Å². The maximum absolute atomic E-state index is 13.1. The monoisotopic (exact) mass is 471 g/mol. The molecule has 2 atom stereocenters. The topological polar surface area (TPSA) is 116 Å². The lowest BCUT2D eigenvalue weighted by atomic mass is 10.1. The van der Waals surface area contributed by atoms with Crippen LogP contribution in [0.25, 0.3) is 0 Å². The fourth-order valence-electron chi connectivity index (χ4n) is 3.92. The second-order valence-corrected chi connectivity index (χ2v) is 9.97. The molecule has 1 heterocycles. The molecule has 8 nitrogen and oxygen atoms in total. The fourth-order valence-corrected chi connectivity index (χ4v) is 5.59. The number of aliphatic hydroxyl groups is 1. The van der Waals surface area contributed by atoms with E-state index in [2.05, 4.69) is 23.3 Å². The van der Waals surface area contributed by atoms with Crippen LogP contribution in [0.5, 0.6) is 0 Å². The number of carbonyl (C=O) groups is 2. The number of aryl methyl sites for hydroxylation is 1. The molecular weight excluding hydrogens is 442 g/mol. The summed E-state index contributed by atoms with van der Waals surface area (Å²) in [7, 11) is -3.91. The summed E-state index contributed by atoms with van der Waals surface area (Å²) in [5.74, 6) is -0.679. The van der Waals surface area contributed by atoms with Gasteiger partial charge in [-0.25, -0.2) is 8.42 Å². The van der Waals surface area contributed by atoms with Crippen LogP contribution >= 0.6 is 0 Å². The average molecular weight is 472 g/mol. The van der Waals surface area contributed by atoms with Crippen molar-refractivity contribution in [1.29, 1.82) is 0 Å². The first kappa shape index (κ1) is 24.6. The Kier molecular flexibility index (Phi) is 8.01. The van der Waals surface area contributed by atoms with Crippen LogP contribution in [0.15, 0.2) is 66.1 Å². The number of sulfonamides is 1. The highest BCUT2D eigenvalue weighted by Gasteiger charge is 2.40. The van der Waals surface area contributed by atoms with E-state index in [1.807, 2.05) is 25.1 Å². The van der Waals surface area contributed by atoms with Gasteiger partial charge in [-0.05, 0) is 55.7 Å². The minimum absolute atomic E-state index is 0.0213. The third-order valence-corrected chi connectivity index (χ3v) is 7.54. The average Bonchev–Trinajstić information content (AvgIpc) is 3.22. The largest absolute Gasteiger partial charge is 0.395 e. The van der Waals surface area contributed by atoms with Crippen molar-refractivity contribution in [2.45, 2.75) is 36.7 Å². The van der Waals surface area contributed by atoms with E-state index < -0.39 is 28.0 Å². The third kappa shape index (κ3) is 6.07. The molecule has 0 saturated carbocycles. The smallest absolute Gasteiger partial charge is 0.251 e. The van der Waals surface area contributed by atoms with Gasteiger partial charge in [0.2, 0.25) is 15.9 Å². The number of amides is 2. The van der Waals surface area contributed by atoms with Crippen molar-refractivity contribution in [3.05, 3.63) is 77.9 Å². The number of nitrogens with one attached hydrogen (secondary N) is 2. The molecule has 2 aromatic rings. The van der Waals surface area contributed by atoms with Crippen molar-refractivity contribution in [3.63, 3.8) is 0 Å². The Balaban J connectivity index is 1.63. The van der Waals surface area contributed by atoms with Gasteiger partial charge in [0.05, 0.1) is 17.5 Å². The Labute approximate surface area is 194 Å². The van der Waals surface area contributed by atoms with Crippen molar-refractivity contribution >= 4 is 21.8 Å². The summed E-state index contributed by atoms with van der Waals surface area (Å²) in [6, 6.07) is 12.7. The maximum atomic E-state index is 13.1. The van der Waals surface area contributed by atoms with E-state index in [0.717, 1.165) is 17.2 Å². The Morgan fingerprint density at radius 3 is 2.58 bits per heavy atom. The molecule has 176 valence electrons. The molecule has 9 heteroatoms. The molecule has 1 fully saturated rings. The van der Waals surface area contributed by atoms with Crippen LogP contribution in [0.4, 0.5) is 0 Å². The molecule has 2 unspecified atom stereocenters. The van der Waals surface area contributed by atoms with Crippen LogP contribution < -0.4 is 10.6 Å².